The summed E-state index contributed by atoms with van der Waals surface area (Å²) in [5.74, 6) is -0.928. The number of carbonyl (C=O) groups is 3. The summed E-state index contributed by atoms with van der Waals surface area (Å²) in [5, 5.41) is 5.51. The number of aromatic amines is 1. The van der Waals surface area contributed by atoms with Crippen LogP contribution in [0.3, 0.4) is 0 Å². The first-order valence-corrected chi connectivity index (χ1v) is 20.9. The molecule has 2 heterocycles. The van der Waals surface area contributed by atoms with E-state index in [9.17, 15) is 9.59 Å². The van der Waals surface area contributed by atoms with E-state index in [-0.39, 0.29) is 11.7 Å². The van der Waals surface area contributed by atoms with Crippen molar-refractivity contribution in [2.45, 2.75) is 58.0 Å². The Morgan fingerprint density at radius 1 is 0.966 bits per heavy atom. The Hall–Kier alpha value is -5.06. The number of H-pyrrole nitrogens is 1. The molecule has 6 rings (SSSR count). The van der Waals surface area contributed by atoms with Gasteiger partial charge in [0.15, 0.2) is 0 Å². The van der Waals surface area contributed by atoms with Crippen LogP contribution in [0.5, 0.6) is 0 Å². The Balaban J connectivity index is 1.44. The lowest BCUT2D eigenvalue weighted by atomic mass is 9.95. The number of halogens is 3. The predicted octanol–water partition coefficient (Wildman–Crippen LogP) is 11.5. The molecule has 0 aliphatic carbocycles. The quantitative estimate of drug-likeness (QED) is 0.0579. The highest BCUT2D eigenvalue weighted by Crippen LogP contribution is 2.43. The molecule has 1 fully saturated rings. The van der Waals surface area contributed by atoms with Crippen LogP contribution in [0.4, 0.5) is 11.4 Å². The van der Waals surface area contributed by atoms with Crippen LogP contribution in [-0.4, -0.2) is 72.8 Å². The number of allylic oxidation sites excluding steroid dienone is 1. The van der Waals surface area contributed by atoms with Gasteiger partial charge in [-0.15, -0.1) is 0 Å². The van der Waals surface area contributed by atoms with E-state index in [2.05, 4.69) is 33.7 Å². The molecule has 12 heteroatoms. The van der Waals surface area contributed by atoms with Gasteiger partial charge < -0.3 is 34.5 Å². The van der Waals surface area contributed by atoms with Gasteiger partial charge in [0.25, 0.3) is 5.91 Å². The molecule has 1 amide bonds. The number of hydrogen-bond donors (Lipinski definition) is 2. The van der Waals surface area contributed by atoms with Crippen molar-refractivity contribution in [3.05, 3.63) is 141 Å². The second-order valence-electron chi connectivity index (χ2n) is 14.9. The van der Waals surface area contributed by atoms with E-state index in [1.54, 1.807) is 42.6 Å². The highest BCUT2D eigenvalue weighted by Gasteiger charge is 2.31. The highest BCUT2D eigenvalue weighted by atomic mass is 35.5. The average Bonchev–Trinajstić information content (AvgIpc) is 3.62. The molecule has 1 aromatic heterocycles. The summed E-state index contributed by atoms with van der Waals surface area (Å²) in [4.78, 5) is 48.7. The maximum absolute atomic E-state index is 15.0. The van der Waals surface area contributed by atoms with Gasteiger partial charge in [-0.3, -0.25) is 4.79 Å². The Morgan fingerprint density at radius 2 is 1.68 bits per heavy atom. The summed E-state index contributed by atoms with van der Waals surface area (Å²) >= 11 is 19.7. The fourth-order valence-electron chi connectivity index (χ4n) is 8.01. The largest absolute Gasteiger partial charge is 0.465 e. The lowest BCUT2D eigenvalue weighted by Gasteiger charge is -2.38. The van der Waals surface area contributed by atoms with Gasteiger partial charge >= 0.3 is 5.97 Å². The number of methoxy groups -OCH3 is 1. The molecule has 0 radical (unpaired) electrons. The summed E-state index contributed by atoms with van der Waals surface area (Å²) in [6.07, 6.45) is 7.02. The smallest absolute Gasteiger partial charge is 0.337 e. The Bertz CT molecular complexity index is 2350. The standard InChI is InChI=1S/C47H50Cl3N5O4/c1-6-55(31(3)37-18-16-34(48)28-39(37)50)45(30(2)32-13-9-7-10-14-32)43-38-19-17-35(49)29-40(38)51-44(43)46(57)52-41-27-33(47(58)59-5)15-20-42(41)54-24-21-36(22-25-54)53(4)23-11-8-12-26-56/h6-7,9-10,13-20,26-29,31,36,51H,1,8,11-12,21-25H2,2-5H3,(H,52,57)/b45-30+. The van der Waals surface area contributed by atoms with Crippen LogP contribution >= 0.6 is 34.8 Å². The van der Waals surface area contributed by atoms with Gasteiger partial charge in [-0.05, 0) is 118 Å². The van der Waals surface area contributed by atoms with E-state index in [0.29, 0.717) is 49.9 Å². The molecule has 308 valence electrons. The van der Waals surface area contributed by atoms with Crippen molar-refractivity contribution in [1.82, 2.24) is 14.8 Å². The molecule has 0 saturated carbocycles. The Morgan fingerprint density at radius 3 is 2.36 bits per heavy atom. The van der Waals surface area contributed by atoms with Crippen molar-refractivity contribution < 1.29 is 19.1 Å². The fraction of sp³-hybridized carbons (Fsp3) is 0.298. The third-order valence-corrected chi connectivity index (χ3v) is 12.0. The number of aldehydes is 1. The third-order valence-electron chi connectivity index (χ3n) is 11.2. The lowest BCUT2D eigenvalue weighted by Crippen LogP contribution is -2.44. The summed E-state index contributed by atoms with van der Waals surface area (Å²) in [6.45, 7) is 10.7. The zero-order chi connectivity index (χ0) is 42.2. The minimum absolute atomic E-state index is 0.290. The van der Waals surface area contributed by atoms with Gasteiger partial charge in [0.1, 0.15) is 12.0 Å². The molecule has 0 spiro atoms. The topological polar surface area (TPSA) is 98.0 Å². The Labute approximate surface area is 361 Å². The van der Waals surface area contributed by atoms with E-state index >= 15 is 4.79 Å². The number of piperidine rings is 1. The SMILES string of the molecule is C=CN(/C(=C(\C)c1ccccc1)c1c(C(=O)Nc2cc(C(=O)OC)ccc2N2CCC(N(C)CCCCC=O)CC2)[nH]c2cc(Cl)ccc12)C(C)c1ccc(Cl)cc1Cl. The summed E-state index contributed by atoms with van der Waals surface area (Å²) < 4.78 is 5.09. The number of benzene rings is 4. The van der Waals surface area contributed by atoms with Crippen molar-refractivity contribution in [2.75, 3.05) is 44.0 Å². The number of fused-ring (bicyclic) bond motifs is 1. The molecule has 1 unspecified atom stereocenters. The van der Waals surface area contributed by atoms with Crippen molar-refractivity contribution in [3.8, 4) is 0 Å². The zero-order valence-corrected chi connectivity index (χ0v) is 36.1. The normalized spacial score (nSPS) is 14.2. The number of rotatable bonds is 16. The van der Waals surface area contributed by atoms with Crippen molar-refractivity contribution >= 4 is 86.5 Å². The molecule has 2 N–H and O–H groups in total. The molecule has 1 saturated heterocycles. The number of carbonyl (C=O) groups excluding carboxylic acids is 3. The maximum Gasteiger partial charge on any atom is 0.337 e. The van der Waals surface area contributed by atoms with E-state index in [4.69, 9.17) is 39.5 Å². The van der Waals surface area contributed by atoms with Gasteiger partial charge in [-0.1, -0.05) is 83.8 Å². The molecule has 59 heavy (non-hydrogen) atoms. The minimum atomic E-state index is -0.511. The monoisotopic (exact) mass is 853 g/mol. The number of aromatic nitrogens is 1. The van der Waals surface area contributed by atoms with Crippen LogP contribution in [0, 0.1) is 0 Å². The van der Waals surface area contributed by atoms with E-state index in [0.717, 1.165) is 85.1 Å². The number of unbranched alkanes of at least 4 members (excludes halogenated alkanes) is 2. The van der Waals surface area contributed by atoms with Crippen LogP contribution in [0.1, 0.15) is 89.5 Å². The summed E-state index contributed by atoms with van der Waals surface area (Å²) in [7, 11) is 3.48. The van der Waals surface area contributed by atoms with Crippen molar-refractivity contribution in [2.24, 2.45) is 0 Å². The van der Waals surface area contributed by atoms with Gasteiger partial charge in [0.05, 0.1) is 35.8 Å². The molecule has 1 aliphatic heterocycles. The molecule has 9 nitrogen and oxygen atoms in total. The van der Waals surface area contributed by atoms with Crippen LogP contribution < -0.4 is 10.2 Å². The van der Waals surface area contributed by atoms with Gasteiger partial charge in [-0.25, -0.2) is 4.79 Å². The predicted molar refractivity (Wildman–Crippen MR) is 243 cm³/mol. The number of hydrogen-bond acceptors (Lipinski definition) is 7. The van der Waals surface area contributed by atoms with Crippen LogP contribution in [-0.2, 0) is 9.53 Å². The number of nitrogens with zero attached hydrogens (tertiary/aromatic N) is 3. The maximum atomic E-state index is 15.0. The van der Waals surface area contributed by atoms with Gasteiger partial charge in [0, 0.05) is 57.1 Å². The minimum Gasteiger partial charge on any atom is -0.465 e. The molecule has 4 aromatic carbocycles. The Kier molecular flexibility index (Phi) is 14.6. The first kappa shape index (κ1) is 43.5. The number of nitrogens with one attached hydrogen (secondary N) is 2. The van der Waals surface area contributed by atoms with Gasteiger partial charge in [-0.2, -0.15) is 0 Å². The van der Waals surface area contributed by atoms with Crippen LogP contribution in [0.15, 0.2) is 97.7 Å². The van der Waals surface area contributed by atoms with Crippen molar-refractivity contribution in [3.63, 3.8) is 0 Å². The van der Waals surface area contributed by atoms with E-state index in [1.807, 2.05) is 67.3 Å². The lowest BCUT2D eigenvalue weighted by molar-refractivity contribution is -0.107. The average molecular weight is 855 g/mol. The molecular weight excluding hydrogens is 805 g/mol. The number of ether oxygens (including phenoxy) is 1. The first-order valence-electron chi connectivity index (χ1n) is 19.8. The molecular formula is C47H50Cl3N5O4. The summed E-state index contributed by atoms with van der Waals surface area (Å²) in [6, 6.07) is 26.2. The van der Waals surface area contributed by atoms with Crippen molar-refractivity contribution in [1.29, 1.82) is 0 Å². The number of amides is 1. The molecule has 1 aliphatic rings. The highest BCUT2D eigenvalue weighted by molar-refractivity contribution is 6.35. The molecule has 1 atom stereocenters. The number of anilines is 2. The van der Waals surface area contributed by atoms with Crippen LogP contribution in [0.25, 0.3) is 22.2 Å². The third kappa shape index (κ3) is 9.88. The molecule has 5 aromatic rings. The second kappa shape index (κ2) is 19.8. The van der Waals surface area contributed by atoms with Crippen LogP contribution in [0.2, 0.25) is 15.1 Å². The van der Waals surface area contributed by atoms with E-state index < -0.39 is 11.9 Å². The first-order chi connectivity index (χ1) is 28.4. The summed E-state index contributed by atoms with van der Waals surface area (Å²) in [5.41, 5.74) is 6.56. The molecule has 0 bridgehead atoms. The zero-order valence-electron chi connectivity index (χ0n) is 33.9. The fourth-order valence-corrected chi connectivity index (χ4v) is 8.75. The van der Waals surface area contributed by atoms with Gasteiger partial charge in [0.2, 0.25) is 0 Å². The second-order valence-corrected chi connectivity index (χ2v) is 16.2. The van der Waals surface area contributed by atoms with E-state index in [1.165, 1.54) is 7.11 Å². The number of esters is 1.